The molecular weight excluding hydrogens is 328 g/mol. The highest BCUT2D eigenvalue weighted by Crippen LogP contribution is 2.31. The minimum absolute atomic E-state index is 0.0392. The standard InChI is InChI=1S/C18H25ClN2O3/c1-13(22)21(16-11-14(19)9-10-17(16)24-2)12-18(23)20-15-7-5-3-4-6-8-15/h9-11,15H,3-8,12H2,1-2H3,(H,20,23). The minimum Gasteiger partial charge on any atom is -0.495 e. The van der Waals surface area contributed by atoms with E-state index in [0.29, 0.717) is 16.5 Å². The van der Waals surface area contributed by atoms with Gasteiger partial charge in [-0.15, -0.1) is 0 Å². The average molecular weight is 353 g/mol. The number of carbonyl (C=O) groups excluding carboxylic acids is 2. The minimum atomic E-state index is -0.230. The van der Waals surface area contributed by atoms with Crippen LogP contribution in [0.25, 0.3) is 0 Å². The van der Waals surface area contributed by atoms with E-state index in [0.717, 1.165) is 25.7 Å². The Morgan fingerprint density at radius 1 is 1.25 bits per heavy atom. The van der Waals surface area contributed by atoms with Crippen LogP contribution < -0.4 is 15.0 Å². The first-order chi connectivity index (χ1) is 11.5. The number of nitrogens with zero attached hydrogens (tertiary/aromatic N) is 1. The highest BCUT2D eigenvalue weighted by atomic mass is 35.5. The monoisotopic (exact) mass is 352 g/mol. The van der Waals surface area contributed by atoms with Crippen molar-refractivity contribution in [2.24, 2.45) is 0 Å². The van der Waals surface area contributed by atoms with Gasteiger partial charge in [-0.1, -0.05) is 37.3 Å². The maximum absolute atomic E-state index is 12.4. The third kappa shape index (κ3) is 5.13. The highest BCUT2D eigenvalue weighted by molar-refractivity contribution is 6.31. The Labute approximate surface area is 148 Å². The summed E-state index contributed by atoms with van der Waals surface area (Å²) in [6.45, 7) is 1.39. The van der Waals surface area contributed by atoms with Crippen LogP contribution in [0.15, 0.2) is 18.2 Å². The number of hydrogen-bond acceptors (Lipinski definition) is 3. The van der Waals surface area contributed by atoms with Crippen molar-refractivity contribution in [2.75, 3.05) is 18.6 Å². The van der Waals surface area contributed by atoms with Gasteiger partial charge in [-0.2, -0.15) is 0 Å². The molecule has 0 bridgehead atoms. The van der Waals surface area contributed by atoms with E-state index in [1.54, 1.807) is 18.2 Å². The highest BCUT2D eigenvalue weighted by Gasteiger charge is 2.22. The summed E-state index contributed by atoms with van der Waals surface area (Å²) in [6.07, 6.45) is 6.75. The van der Waals surface area contributed by atoms with Crippen molar-refractivity contribution in [1.29, 1.82) is 0 Å². The molecule has 1 fully saturated rings. The van der Waals surface area contributed by atoms with Crippen molar-refractivity contribution in [3.8, 4) is 5.75 Å². The molecule has 5 nitrogen and oxygen atoms in total. The number of hydrogen-bond donors (Lipinski definition) is 1. The molecule has 132 valence electrons. The fourth-order valence-electron chi connectivity index (χ4n) is 3.08. The second kappa shape index (κ2) is 8.92. The van der Waals surface area contributed by atoms with Crippen molar-refractivity contribution >= 4 is 29.1 Å². The number of ether oxygens (including phenoxy) is 1. The number of amides is 2. The average Bonchev–Trinajstić information content (AvgIpc) is 2.81. The quantitative estimate of drug-likeness (QED) is 0.824. The van der Waals surface area contributed by atoms with E-state index in [4.69, 9.17) is 16.3 Å². The Hall–Kier alpha value is -1.75. The predicted molar refractivity (Wildman–Crippen MR) is 95.7 cm³/mol. The Bertz CT molecular complexity index is 584. The van der Waals surface area contributed by atoms with E-state index in [2.05, 4.69) is 5.32 Å². The van der Waals surface area contributed by atoms with Crippen LogP contribution >= 0.6 is 11.6 Å². The topological polar surface area (TPSA) is 58.6 Å². The zero-order valence-electron chi connectivity index (χ0n) is 14.3. The lowest BCUT2D eigenvalue weighted by atomic mass is 10.1. The number of benzene rings is 1. The zero-order valence-corrected chi connectivity index (χ0v) is 15.1. The summed E-state index contributed by atoms with van der Waals surface area (Å²) >= 11 is 6.04. The van der Waals surface area contributed by atoms with E-state index in [-0.39, 0.29) is 24.4 Å². The smallest absolute Gasteiger partial charge is 0.240 e. The molecule has 0 saturated heterocycles. The SMILES string of the molecule is COc1ccc(Cl)cc1N(CC(=O)NC1CCCCCC1)C(C)=O. The first kappa shape index (κ1) is 18.6. The van der Waals surface area contributed by atoms with Crippen LogP contribution in [0.3, 0.4) is 0 Å². The van der Waals surface area contributed by atoms with Crippen molar-refractivity contribution in [2.45, 2.75) is 51.5 Å². The van der Waals surface area contributed by atoms with E-state index in [9.17, 15) is 9.59 Å². The van der Waals surface area contributed by atoms with Crippen molar-refractivity contribution in [1.82, 2.24) is 5.32 Å². The maximum atomic E-state index is 12.4. The second-order valence-corrected chi connectivity index (χ2v) is 6.61. The summed E-state index contributed by atoms with van der Waals surface area (Å²) in [7, 11) is 1.52. The van der Waals surface area contributed by atoms with E-state index in [1.807, 2.05) is 0 Å². The van der Waals surface area contributed by atoms with Gasteiger partial charge in [-0.25, -0.2) is 0 Å². The number of methoxy groups -OCH3 is 1. The molecule has 6 heteroatoms. The van der Waals surface area contributed by atoms with Gasteiger partial charge in [0.15, 0.2) is 0 Å². The molecule has 0 aliphatic heterocycles. The second-order valence-electron chi connectivity index (χ2n) is 6.18. The van der Waals surface area contributed by atoms with E-state index < -0.39 is 0 Å². The fourth-order valence-corrected chi connectivity index (χ4v) is 3.25. The molecule has 1 N–H and O–H groups in total. The van der Waals surface area contributed by atoms with Gasteiger partial charge in [0.2, 0.25) is 11.8 Å². The number of carbonyl (C=O) groups is 2. The summed E-state index contributed by atoms with van der Waals surface area (Å²) in [5.41, 5.74) is 0.508. The Morgan fingerprint density at radius 2 is 1.92 bits per heavy atom. The van der Waals surface area contributed by atoms with Gasteiger partial charge in [0.05, 0.1) is 12.8 Å². The Morgan fingerprint density at radius 3 is 2.50 bits per heavy atom. The Balaban J connectivity index is 2.09. The molecule has 2 rings (SSSR count). The lowest BCUT2D eigenvalue weighted by Crippen LogP contribution is -2.43. The molecule has 0 spiro atoms. The molecule has 1 aliphatic carbocycles. The third-order valence-electron chi connectivity index (χ3n) is 4.33. The number of anilines is 1. The number of rotatable bonds is 5. The normalized spacial score (nSPS) is 15.5. The molecule has 1 aromatic carbocycles. The molecule has 1 saturated carbocycles. The Kier molecular flexibility index (Phi) is 6.91. The molecule has 24 heavy (non-hydrogen) atoms. The molecule has 1 aromatic rings. The summed E-state index contributed by atoms with van der Waals surface area (Å²) < 4.78 is 5.30. The van der Waals surface area contributed by atoms with Crippen LogP contribution in [0.4, 0.5) is 5.69 Å². The van der Waals surface area contributed by atoms with Crippen LogP contribution in [0.5, 0.6) is 5.75 Å². The van der Waals surface area contributed by atoms with Crippen LogP contribution in [-0.4, -0.2) is 31.5 Å². The number of nitrogens with one attached hydrogen (secondary N) is 1. The van der Waals surface area contributed by atoms with E-state index >= 15 is 0 Å². The molecule has 0 unspecified atom stereocenters. The molecule has 0 heterocycles. The predicted octanol–water partition coefficient (Wildman–Crippen LogP) is 3.54. The van der Waals surface area contributed by atoms with Crippen LogP contribution in [-0.2, 0) is 9.59 Å². The lowest BCUT2D eigenvalue weighted by Gasteiger charge is -2.24. The zero-order chi connectivity index (χ0) is 17.5. The van der Waals surface area contributed by atoms with Gasteiger partial charge in [-0.3, -0.25) is 14.5 Å². The molecule has 0 aromatic heterocycles. The lowest BCUT2D eigenvalue weighted by molar-refractivity contribution is -0.123. The van der Waals surface area contributed by atoms with Gasteiger partial charge >= 0.3 is 0 Å². The van der Waals surface area contributed by atoms with Crippen LogP contribution in [0.2, 0.25) is 5.02 Å². The van der Waals surface area contributed by atoms with Crippen molar-refractivity contribution < 1.29 is 14.3 Å². The third-order valence-corrected chi connectivity index (χ3v) is 4.57. The largest absolute Gasteiger partial charge is 0.495 e. The van der Waals surface area contributed by atoms with Gasteiger partial charge < -0.3 is 10.1 Å². The van der Waals surface area contributed by atoms with Gasteiger partial charge in [0.25, 0.3) is 0 Å². The molecular formula is C18H25ClN2O3. The molecule has 0 radical (unpaired) electrons. The van der Waals surface area contributed by atoms with Crippen molar-refractivity contribution in [3.63, 3.8) is 0 Å². The number of halogens is 1. The molecule has 0 atom stereocenters. The van der Waals surface area contributed by atoms with E-state index in [1.165, 1.54) is 31.8 Å². The fraction of sp³-hybridized carbons (Fsp3) is 0.556. The molecule has 2 amide bonds. The maximum Gasteiger partial charge on any atom is 0.240 e. The van der Waals surface area contributed by atoms with Gasteiger partial charge in [-0.05, 0) is 31.0 Å². The van der Waals surface area contributed by atoms with Crippen LogP contribution in [0.1, 0.15) is 45.4 Å². The van der Waals surface area contributed by atoms with Gasteiger partial charge in [0.1, 0.15) is 12.3 Å². The molecule has 1 aliphatic rings. The summed E-state index contributed by atoms with van der Waals surface area (Å²) in [6, 6.07) is 5.22. The summed E-state index contributed by atoms with van der Waals surface area (Å²) in [5.74, 6) is 0.127. The summed E-state index contributed by atoms with van der Waals surface area (Å²) in [4.78, 5) is 25.9. The van der Waals surface area contributed by atoms with Gasteiger partial charge in [0, 0.05) is 18.0 Å². The van der Waals surface area contributed by atoms with Crippen molar-refractivity contribution in [3.05, 3.63) is 23.2 Å². The first-order valence-electron chi connectivity index (χ1n) is 8.42. The van der Waals surface area contributed by atoms with Crippen LogP contribution in [0, 0.1) is 0 Å². The first-order valence-corrected chi connectivity index (χ1v) is 8.80. The summed E-state index contributed by atoms with van der Waals surface area (Å²) in [5, 5.41) is 3.55.